The van der Waals surface area contributed by atoms with Crippen LogP contribution in [-0.4, -0.2) is 11.1 Å². The summed E-state index contributed by atoms with van der Waals surface area (Å²) in [7, 11) is 0. The van der Waals surface area contributed by atoms with E-state index in [2.05, 4.69) is 0 Å². The van der Waals surface area contributed by atoms with Crippen LogP contribution in [0.15, 0.2) is 73.1 Å². The summed E-state index contributed by atoms with van der Waals surface area (Å²) in [4.78, 5) is 11.0. The molecule has 0 aliphatic carbocycles. The molecule has 3 rings (SSSR count). The van der Waals surface area contributed by atoms with Gasteiger partial charge in [0.05, 0.1) is 5.56 Å². The molecule has 0 amide bonds. The van der Waals surface area contributed by atoms with Crippen molar-refractivity contribution in [3.63, 3.8) is 0 Å². The minimum absolute atomic E-state index is 0. The molecule has 0 bridgehead atoms. The molecular formula is C21H17Cl2NO2. The minimum atomic E-state index is -0.908. The Morgan fingerprint density at radius 1 is 0.962 bits per heavy atom. The molecule has 0 saturated carbocycles. The number of benzene rings is 2. The van der Waals surface area contributed by atoms with Gasteiger partial charge in [-0.15, -0.1) is 0 Å². The van der Waals surface area contributed by atoms with Gasteiger partial charge in [-0.25, -0.2) is 9.36 Å². The third kappa shape index (κ3) is 5.45. The fourth-order valence-corrected chi connectivity index (χ4v) is 2.59. The summed E-state index contributed by atoms with van der Waals surface area (Å²) < 4.78 is 2.01. The van der Waals surface area contributed by atoms with Crippen molar-refractivity contribution >= 4 is 29.7 Å². The minimum Gasteiger partial charge on any atom is -1.00 e. The van der Waals surface area contributed by atoms with Gasteiger partial charge < -0.3 is 17.5 Å². The first kappa shape index (κ1) is 19.7. The highest BCUT2D eigenvalue weighted by atomic mass is 35.5. The Morgan fingerprint density at radius 2 is 1.58 bits per heavy atom. The summed E-state index contributed by atoms with van der Waals surface area (Å²) >= 11 is 5.88. The standard InChI is InChI=1S/C21H16ClNO2.ClH/c22-20-8-6-16(7-9-20)4-5-17-10-12-23(13-11-17)15-18-2-1-3-19(14-18)21(24)25;/h1-14H,15H2;1H/b5-4-;. The number of nitrogens with zero attached hydrogens (tertiary/aromatic N) is 1. The Balaban J connectivity index is 0.00000243. The van der Waals surface area contributed by atoms with Gasteiger partial charge in [0.2, 0.25) is 0 Å². The lowest BCUT2D eigenvalue weighted by Crippen LogP contribution is -3.00. The maximum absolute atomic E-state index is 11.0. The second-order valence-corrected chi connectivity index (χ2v) is 6.13. The van der Waals surface area contributed by atoms with Crippen LogP contribution in [-0.2, 0) is 6.54 Å². The molecule has 2 aromatic carbocycles. The highest BCUT2D eigenvalue weighted by molar-refractivity contribution is 6.30. The van der Waals surface area contributed by atoms with Crippen molar-refractivity contribution in [2.75, 3.05) is 0 Å². The normalized spacial score (nSPS) is 10.5. The number of halogens is 2. The van der Waals surface area contributed by atoms with Gasteiger partial charge in [0.15, 0.2) is 18.9 Å². The highest BCUT2D eigenvalue weighted by Gasteiger charge is 2.06. The molecule has 0 atom stereocenters. The number of carboxylic acids is 1. The van der Waals surface area contributed by atoms with Crippen LogP contribution in [0, 0.1) is 0 Å². The molecule has 1 aromatic heterocycles. The zero-order valence-electron chi connectivity index (χ0n) is 13.8. The summed E-state index contributed by atoms with van der Waals surface area (Å²) in [6, 6.07) is 18.7. The number of hydrogen-bond donors (Lipinski definition) is 1. The number of aromatic carboxylic acids is 1. The van der Waals surface area contributed by atoms with Gasteiger partial charge in [0.1, 0.15) is 0 Å². The quantitative estimate of drug-likeness (QED) is 0.677. The molecule has 0 spiro atoms. The molecule has 1 N–H and O–H groups in total. The van der Waals surface area contributed by atoms with Crippen LogP contribution in [0.25, 0.3) is 12.2 Å². The molecule has 0 aliphatic rings. The lowest BCUT2D eigenvalue weighted by Gasteiger charge is -2.00. The second-order valence-electron chi connectivity index (χ2n) is 5.69. The lowest BCUT2D eigenvalue weighted by atomic mass is 10.1. The van der Waals surface area contributed by atoms with Gasteiger partial charge in [-0.1, -0.05) is 48.0 Å². The summed E-state index contributed by atoms with van der Waals surface area (Å²) in [5.41, 5.74) is 3.44. The predicted molar refractivity (Wildman–Crippen MR) is 99.5 cm³/mol. The van der Waals surface area contributed by atoms with E-state index in [4.69, 9.17) is 16.7 Å². The van der Waals surface area contributed by atoms with Crippen LogP contribution in [0.2, 0.25) is 5.02 Å². The van der Waals surface area contributed by atoms with Crippen LogP contribution >= 0.6 is 11.6 Å². The molecule has 5 heteroatoms. The fraction of sp³-hybridized carbons (Fsp3) is 0.0476. The number of aromatic nitrogens is 1. The average Bonchev–Trinajstić information content (AvgIpc) is 2.63. The molecule has 0 radical (unpaired) electrons. The van der Waals surface area contributed by atoms with E-state index in [0.29, 0.717) is 12.1 Å². The van der Waals surface area contributed by atoms with E-state index in [1.165, 1.54) is 0 Å². The number of pyridine rings is 1. The molecule has 0 saturated heterocycles. The van der Waals surface area contributed by atoms with E-state index in [1.54, 1.807) is 18.2 Å². The maximum atomic E-state index is 11.0. The Bertz CT molecular complexity index is 904. The van der Waals surface area contributed by atoms with Crippen LogP contribution < -0.4 is 17.0 Å². The van der Waals surface area contributed by atoms with Crippen molar-refractivity contribution in [2.45, 2.75) is 6.54 Å². The van der Waals surface area contributed by atoms with Gasteiger partial charge in [-0.2, -0.15) is 0 Å². The molecule has 132 valence electrons. The summed E-state index contributed by atoms with van der Waals surface area (Å²) in [6.07, 6.45) is 8.04. The van der Waals surface area contributed by atoms with Crippen molar-refractivity contribution in [1.82, 2.24) is 0 Å². The maximum Gasteiger partial charge on any atom is 0.335 e. The highest BCUT2D eigenvalue weighted by Crippen LogP contribution is 2.12. The van der Waals surface area contributed by atoms with Crippen molar-refractivity contribution in [2.24, 2.45) is 0 Å². The topological polar surface area (TPSA) is 41.2 Å². The third-order valence-electron chi connectivity index (χ3n) is 3.79. The van der Waals surface area contributed by atoms with Crippen LogP contribution in [0.5, 0.6) is 0 Å². The molecular weight excluding hydrogens is 369 g/mol. The first-order valence-corrected chi connectivity index (χ1v) is 8.23. The molecule has 0 fully saturated rings. The molecule has 0 unspecified atom stereocenters. The van der Waals surface area contributed by atoms with E-state index in [1.807, 2.05) is 71.6 Å². The van der Waals surface area contributed by atoms with Gasteiger partial charge in [-0.3, -0.25) is 0 Å². The van der Waals surface area contributed by atoms with Gasteiger partial charge in [0, 0.05) is 22.7 Å². The monoisotopic (exact) mass is 385 g/mol. The number of rotatable bonds is 5. The molecule has 26 heavy (non-hydrogen) atoms. The van der Waals surface area contributed by atoms with Crippen molar-refractivity contribution < 1.29 is 26.9 Å². The zero-order valence-corrected chi connectivity index (χ0v) is 15.4. The Kier molecular flexibility index (Phi) is 6.96. The SMILES string of the molecule is O=C(O)c1cccc(C[n+]2ccc(/C=C\c3ccc(Cl)cc3)cc2)c1.[Cl-]. The summed E-state index contributed by atoms with van der Waals surface area (Å²) in [5, 5.41) is 9.78. The second kappa shape index (κ2) is 9.18. The average molecular weight is 386 g/mol. The Labute approximate surface area is 163 Å². The number of carboxylic acid groups (broad SMARTS) is 1. The van der Waals surface area contributed by atoms with Gasteiger partial charge >= 0.3 is 5.97 Å². The van der Waals surface area contributed by atoms with Gasteiger partial charge in [0.25, 0.3) is 0 Å². The van der Waals surface area contributed by atoms with Crippen molar-refractivity contribution in [3.8, 4) is 0 Å². The van der Waals surface area contributed by atoms with Crippen molar-refractivity contribution in [1.29, 1.82) is 0 Å². The molecule has 1 heterocycles. The van der Waals surface area contributed by atoms with E-state index in [0.717, 1.165) is 21.7 Å². The van der Waals surface area contributed by atoms with Crippen LogP contribution in [0.4, 0.5) is 0 Å². The number of hydrogen-bond acceptors (Lipinski definition) is 1. The van der Waals surface area contributed by atoms with Crippen LogP contribution in [0.1, 0.15) is 27.0 Å². The first-order valence-electron chi connectivity index (χ1n) is 7.85. The molecule has 3 nitrogen and oxygen atoms in total. The zero-order chi connectivity index (χ0) is 17.6. The largest absolute Gasteiger partial charge is 1.00 e. The lowest BCUT2D eigenvalue weighted by molar-refractivity contribution is -0.688. The van der Waals surface area contributed by atoms with E-state index < -0.39 is 5.97 Å². The van der Waals surface area contributed by atoms with Crippen molar-refractivity contribution in [3.05, 3.63) is 100 Å². The van der Waals surface area contributed by atoms with E-state index >= 15 is 0 Å². The first-order chi connectivity index (χ1) is 12.1. The van der Waals surface area contributed by atoms with E-state index in [9.17, 15) is 4.79 Å². The summed E-state index contributed by atoms with van der Waals surface area (Å²) in [5.74, 6) is -0.908. The fourth-order valence-electron chi connectivity index (χ4n) is 2.47. The number of carbonyl (C=O) groups is 1. The van der Waals surface area contributed by atoms with Gasteiger partial charge in [-0.05, 0) is 35.4 Å². The molecule has 0 aliphatic heterocycles. The smallest absolute Gasteiger partial charge is 0.335 e. The predicted octanol–water partition coefficient (Wildman–Crippen LogP) is 1.55. The Morgan fingerprint density at radius 3 is 2.19 bits per heavy atom. The molecule has 3 aromatic rings. The summed E-state index contributed by atoms with van der Waals surface area (Å²) in [6.45, 7) is 0.627. The Hall–Kier alpha value is -2.62. The third-order valence-corrected chi connectivity index (χ3v) is 4.05. The van der Waals surface area contributed by atoms with Crippen LogP contribution in [0.3, 0.4) is 0 Å². The van der Waals surface area contributed by atoms with E-state index in [-0.39, 0.29) is 12.4 Å².